The molecule has 1 nitrogen and oxygen atoms in total. The molecule has 0 bridgehead atoms. The van der Waals surface area contributed by atoms with E-state index in [0.717, 1.165) is 12.0 Å². The van der Waals surface area contributed by atoms with Crippen LogP contribution in [0.2, 0.25) is 0 Å². The molecule has 0 aliphatic carbocycles. The normalized spacial score (nSPS) is 29.2. The SMILES string of the molecule is CC[C@H](C)CN1CCC[C@@H]1C. The van der Waals surface area contributed by atoms with Crippen LogP contribution in [0.4, 0.5) is 0 Å². The van der Waals surface area contributed by atoms with Crippen molar-refractivity contribution in [2.45, 2.75) is 46.1 Å². The van der Waals surface area contributed by atoms with Crippen molar-refractivity contribution in [3.05, 3.63) is 0 Å². The second-order valence-electron chi connectivity index (χ2n) is 4.00. The minimum Gasteiger partial charge on any atom is -0.300 e. The van der Waals surface area contributed by atoms with Crippen LogP contribution in [0, 0.1) is 5.92 Å². The zero-order valence-corrected chi connectivity index (χ0v) is 8.14. The Labute approximate surface area is 70.8 Å². The summed E-state index contributed by atoms with van der Waals surface area (Å²) in [6.45, 7) is 9.65. The van der Waals surface area contributed by atoms with E-state index in [1.54, 1.807) is 0 Å². The van der Waals surface area contributed by atoms with Crippen molar-refractivity contribution >= 4 is 0 Å². The van der Waals surface area contributed by atoms with Crippen molar-refractivity contribution in [2.24, 2.45) is 5.92 Å². The van der Waals surface area contributed by atoms with Crippen molar-refractivity contribution in [1.82, 2.24) is 4.90 Å². The van der Waals surface area contributed by atoms with Crippen molar-refractivity contribution in [1.29, 1.82) is 0 Å². The number of hydrogen-bond acceptors (Lipinski definition) is 1. The van der Waals surface area contributed by atoms with Gasteiger partial charge in [0, 0.05) is 12.6 Å². The Balaban J connectivity index is 2.24. The molecule has 11 heavy (non-hydrogen) atoms. The molecule has 0 N–H and O–H groups in total. The van der Waals surface area contributed by atoms with Gasteiger partial charge in [0.15, 0.2) is 0 Å². The van der Waals surface area contributed by atoms with Gasteiger partial charge in [0.05, 0.1) is 0 Å². The first-order valence-corrected chi connectivity index (χ1v) is 4.98. The summed E-state index contributed by atoms with van der Waals surface area (Å²) in [5, 5.41) is 0. The van der Waals surface area contributed by atoms with Gasteiger partial charge in [0.25, 0.3) is 0 Å². The van der Waals surface area contributed by atoms with Gasteiger partial charge in [-0.15, -0.1) is 0 Å². The van der Waals surface area contributed by atoms with Crippen LogP contribution in [0.1, 0.15) is 40.0 Å². The summed E-state index contributed by atoms with van der Waals surface area (Å²) in [7, 11) is 0. The maximum atomic E-state index is 2.63. The molecular weight excluding hydrogens is 134 g/mol. The maximum absolute atomic E-state index is 2.63. The molecule has 0 aromatic rings. The van der Waals surface area contributed by atoms with E-state index in [9.17, 15) is 0 Å². The summed E-state index contributed by atoms with van der Waals surface area (Å²) in [5.74, 6) is 0.885. The number of nitrogens with zero attached hydrogens (tertiary/aromatic N) is 1. The number of likely N-dealkylation sites (tertiary alicyclic amines) is 1. The highest BCUT2D eigenvalue weighted by Crippen LogP contribution is 2.18. The van der Waals surface area contributed by atoms with Crippen molar-refractivity contribution in [2.75, 3.05) is 13.1 Å². The molecule has 66 valence electrons. The lowest BCUT2D eigenvalue weighted by Crippen LogP contribution is -2.31. The fourth-order valence-corrected chi connectivity index (χ4v) is 1.79. The molecular formula is C10H21N. The summed E-state index contributed by atoms with van der Waals surface area (Å²) in [6, 6.07) is 0.851. The second-order valence-corrected chi connectivity index (χ2v) is 4.00. The fraction of sp³-hybridized carbons (Fsp3) is 1.00. The minimum absolute atomic E-state index is 0.851. The van der Waals surface area contributed by atoms with Crippen molar-refractivity contribution in [3.63, 3.8) is 0 Å². The molecule has 1 aliphatic rings. The van der Waals surface area contributed by atoms with Crippen molar-refractivity contribution < 1.29 is 0 Å². The Morgan fingerprint density at radius 2 is 2.27 bits per heavy atom. The van der Waals surface area contributed by atoms with E-state index in [4.69, 9.17) is 0 Å². The molecule has 0 aromatic heterocycles. The van der Waals surface area contributed by atoms with Crippen LogP contribution in [0.15, 0.2) is 0 Å². The highest BCUT2D eigenvalue weighted by molar-refractivity contribution is 4.76. The smallest absolute Gasteiger partial charge is 0.00675 e. The number of rotatable bonds is 3. The van der Waals surface area contributed by atoms with Crippen LogP contribution in [0.25, 0.3) is 0 Å². The summed E-state index contributed by atoms with van der Waals surface area (Å²) in [4.78, 5) is 2.63. The lowest BCUT2D eigenvalue weighted by Gasteiger charge is -2.23. The zero-order chi connectivity index (χ0) is 8.27. The molecule has 2 atom stereocenters. The first-order chi connectivity index (χ1) is 5.24. The molecule has 0 saturated carbocycles. The van der Waals surface area contributed by atoms with Gasteiger partial charge < -0.3 is 4.90 Å². The van der Waals surface area contributed by atoms with E-state index in [-0.39, 0.29) is 0 Å². The molecule has 0 radical (unpaired) electrons. The maximum Gasteiger partial charge on any atom is 0.00675 e. The Morgan fingerprint density at radius 1 is 1.55 bits per heavy atom. The lowest BCUT2D eigenvalue weighted by molar-refractivity contribution is 0.230. The minimum atomic E-state index is 0.851. The first kappa shape index (κ1) is 9.05. The molecule has 1 heterocycles. The Morgan fingerprint density at radius 3 is 2.73 bits per heavy atom. The van der Waals surface area contributed by atoms with Crippen LogP contribution in [-0.4, -0.2) is 24.0 Å². The Hall–Kier alpha value is -0.0400. The van der Waals surface area contributed by atoms with Gasteiger partial charge in [-0.2, -0.15) is 0 Å². The third-order valence-corrected chi connectivity index (χ3v) is 2.93. The van der Waals surface area contributed by atoms with Crippen LogP contribution in [-0.2, 0) is 0 Å². The molecule has 0 unspecified atom stereocenters. The van der Waals surface area contributed by atoms with Crippen LogP contribution >= 0.6 is 0 Å². The molecule has 0 amide bonds. The van der Waals surface area contributed by atoms with E-state index in [0.29, 0.717) is 0 Å². The molecule has 1 rings (SSSR count). The quantitative estimate of drug-likeness (QED) is 0.605. The summed E-state index contributed by atoms with van der Waals surface area (Å²) in [6.07, 6.45) is 4.15. The number of hydrogen-bond donors (Lipinski definition) is 0. The van der Waals surface area contributed by atoms with Gasteiger partial charge >= 0.3 is 0 Å². The van der Waals surface area contributed by atoms with Gasteiger partial charge in [-0.1, -0.05) is 20.3 Å². The Bertz CT molecular complexity index is 111. The topological polar surface area (TPSA) is 3.24 Å². The lowest BCUT2D eigenvalue weighted by atomic mass is 10.1. The van der Waals surface area contributed by atoms with E-state index in [1.807, 2.05) is 0 Å². The average molecular weight is 155 g/mol. The van der Waals surface area contributed by atoms with Crippen LogP contribution < -0.4 is 0 Å². The van der Waals surface area contributed by atoms with E-state index in [2.05, 4.69) is 25.7 Å². The van der Waals surface area contributed by atoms with Gasteiger partial charge in [-0.25, -0.2) is 0 Å². The highest BCUT2D eigenvalue weighted by Gasteiger charge is 2.20. The molecule has 1 heteroatoms. The largest absolute Gasteiger partial charge is 0.300 e. The fourth-order valence-electron chi connectivity index (χ4n) is 1.79. The van der Waals surface area contributed by atoms with E-state index in [1.165, 1.54) is 32.4 Å². The second kappa shape index (κ2) is 4.10. The van der Waals surface area contributed by atoms with Crippen LogP contribution in [0.5, 0.6) is 0 Å². The molecule has 1 fully saturated rings. The summed E-state index contributed by atoms with van der Waals surface area (Å²) in [5.41, 5.74) is 0. The monoisotopic (exact) mass is 155 g/mol. The van der Waals surface area contributed by atoms with Gasteiger partial charge in [0.1, 0.15) is 0 Å². The van der Waals surface area contributed by atoms with Gasteiger partial charge in [0.2, 0.25) is 0 Å². The van der Waals surface area contributed by atoms with Crippen LogP contribution in [0.3, 0.4) is 0 Å². The summed E-state index contributed by atoms with van der Waals surface area (Å²) < 4.78 is 0. The average Bonchev–Trinajstić information content (AvgIpc) is 2.37. The standard InChI is InChI=1S/C10H21N/c1-4-9(2)8-11-7-5-6-10(11)3/h9-10H,4-8H2,1-3H3/t9-,10-/m0/s1. The third kappa shape index (κ3) is 2.48. The summed E-state index contributed by atoms with van der Waals surface area (Å²) >= 11 is 0. The van der Waals surface area contributed by atoms with Gasteiger partial charge in [-0.05, 0) is 32.2 Å². The third-order valence-electron chi connectivity index (χ3n) is 2.93. The van der Waals surface area contributed by atoms with E-state index >= 15 is 0 Å². The van der Waals surface area contributed by atoms with Gasteiger partial charge in [-0.3, -0.25) is 0 Å². The highest BCUT2D eigenvalue weighted by atomic mass is 15.2. The van der Waals surface area contributed by atoms with Crippen molar-refractivity contribution in [3.8, 4) is 0 Å². The zero-order valence-electron chi connectivity index (χ0n) is 8.14. The predicted molar refractivity (Wildman–Crippen MR) is 49.7 cm³/mol. The predicted octanol–water partition coefficient (Wildman–Crippen LogP) is 2.52. The Kier molecular flexibility index (Phi) is 3.38. The molecule has 1 saturated heterocycles. The first-order valence-electron chi connectivity index (χ1n) is 4.98. The molecule has 1 aliphatic heterocycles. The van der Waals surface area contributed by atoms with E-state index < -0.39 is 0 Å². The molecule has 0 spiro atoms. The molecule has 0 aromatic carbocycles.